The minimum Gasteiger partial charge on any atom is -0.490 e. The van der Waals surface area contributed by atoms with Gasteiger partial charge in [0.1, 0.15) is 12.4 Å². The number of fused-ring (bicyclic) bond motifs is 1. The molecule has 2 N–H and O–H groups in total. The Morgan fingerprint density at radius 3 is 2.40 bits per heavy atom. The highest BCUT2D eigenvalue weighted by Gasteiger charge is 2.15. The van der Waals surface area contributed by atoms with E-state index in [9.17, 15) is 8.42 Å². The van der Waals surface area contributed by atoms with Crippen LogP contribution in [0.1, 0.15) is 6.92 Å². The molecule has 0 aliphatic carbocycles. The Hall–Kier alpha value is -1.63. The predicted octanol–water partition coefficient (Wildman–Crippen LogP) is 1.90. The number of methoxy groups -OCH3 is 1. The van der Waals surface area contributed by atoms with Crippen molar-refractivity contribution in [1.82, 2.24) is 0 Å². The third-order valence-corrected chi connectivity index (χ3v) is 4.00. The molecule has 20 heavy (non-hydrogen) atoms. The number of rotatable bonds is 5. The summed E-state index contributed by atoms with van der Waals surface area (Å²) in [5, 5.41) is 6.49. The molecule has 0 radical (unpaired) electrons. The van der Waals surface area contributed by atoms with Crippen molar-refractivity contribution in [2.75, 3.05) is 13.7 Å². The lowest BCUT2D eigenvalue weighted by Crippen LogP contribution is -2.16. The molecule has 108 valence electrons. The first-order chi connectivity index (χ1) is 9.43. The van der Waals surface area contributed by atoms with E-state index in [1.54, 1.807) is 31.4 Å². The largest absolute Gasteiger partial charge is 0.490 e. The van der Waals surface area contributed by atoms with Crippen LogP contribution >= 0.6 is 0 Å². The molecule has 2 rings (SSSR count). The summed E-state index contributed by atoms with van der Waals surface area (Å²) >= 11 is 0. The van der Waals surface area contributed by atoms with Crippen molar-refractivity contribution in [2.45, 2.75) is 17.9 Å². The number of sulfonamides is 1. The van der Waals surface area contributed by atoms with Crippen molar-refractivity contribution in [2.24, 2.45) is 5.14 Å². The van der Waals surface area contributed by atoms with Crippen LogP contribution < -0.4 is 9.88 Å². The topological polar surface area (TPSA) is 78.6 Å². The smallest absolute Gasteiger partial charge is 0.238 e. The molecule has 2 aromatic rings. The number of ether oxygens (including phenoxy) is 2. The lowest BCUT2D eigenvalue weighted by Gasteiger charge is -2.14. The summed E-state index contributed by atoms with van der Waals surface area (Å²) in [7, 11) is -2.15. The number of hydrogen-bond acceptors (Lipinski definition) is 4. The summed E-state index contributed by atoms with van der Waals surface area (Å²) in [4.78, 5) is 0.0974. The maximum absolute atomic E-state index is 11.6. The molecule has 0 aromatic heterocycles. The van der Waals surface area contributed by atoms with Crippen molar-refractivity contribution in [1.29, 1.82) is 0 Å². The summed E-state index contributed by atoms with van der Waals surface area (Å²) in [6.45, 7) is 2.27. The summed E-state index contributed by atoms with van der Waals surface area (Å²) in [5.74, 6) is 0.608. The lowest BCUT2D eigenvalue weighted by molar-refractivity contribution is 0.0722. The van der Waals surface area contributed by atoms with Gasteiger partial charge in [-0.3, -0.25) is 0 Å². The fourth-order valence-electron chi connectivity index (χ4n) is 1.89. The van der Waals surface area contributed by atoms with Gasteiger partial charge >= 0.3 is 0 Å². The SMILES string of the molecule is COC(C)COc1ccc(S(N)(=O)=O)c2ccccc12. The molecule has 5 nitrogen and oxygen atoms in total. The minimum absolute atomic E-state index is 0.0494. The quantitative estimate of drug-likeness (QED) is 0.913. The molecule has 1 atom stereocenters. The van der Waals surface area contributed by atoms with E-state index in [1.807, 2.05) is 13.0 Å². The first-order valence-electron chi connectivity index (χ1n) is 6.13. The van der Waals surface area contributed by atoms with Crippen LogP contribution in [0, 0.1) is 0 Å². The maximum atomic E-state index is 11.6. The highest BCUT2D eigenvalue weighted by atomic mass is 32.2. The van der Waals surface area contributed by atoms with Gasteiger partial charge in [0.05, 0.1) is 11.0 Å². The van der Waals surface area contributed by atoms with Crippen LogP contribution in [0.25, 0.3) is 10.8 Å². The van der Waals surface area contributed by atoms with Gasteiger partial charge in [-0.1, -0.05) is 24.3 Å². The highest BCUT2D eigenvalue weighted by molar-refractivity contribution is 7.89. The Bertz CT molecular complexity index is 712. The van der Waals surface area contributed by atoms with E-state index in [4.69, 9.17) is 14.6 Å². The molecule has 2 aromatic carbocycles. The summed E-state index contributed by atoms with van der Waals surface area (Å²) in [6, 6.07) is 10.2. The lowest BCUT2D eigenvalue weighted by atomic mass is 10.1. The molecule has 6 heteroatoms. The first kappa shape index (κ1) is 14.8. The fraction of sp³-hybridized carbons (Fsp3) is 0.286. The van der Waals surface area contributed by atoms with E-state index in [0.717, 1.165) is 0 Å². The van der Waals surface area contributed by atoms with Gasteiger partial charge in [0.15, 0.2) is 0 Å². The zero-order valence-corrected chi connectivity index (χ0v) is 12.2. The molecule has 0 heterocycles. The first-order valence-corrected chi connectivity index (χ1v) is 7.68. The Morgan fingerprint density at radius 1 is 1.15 bits per heavy atom. The summed E-state index contributed by atoms with van der Waals surface area (Å²) in [6.07, 6.45) is -0.0494. The number of hydrogen-bond donors (Lipinski definition) is 1. The molecule has 1 unspecified atom stereocenters. The third-order valence-electron chi connectivity index (χ3n) is 3.03. The standard InChI is InChI=1S/C14H17NO4S/c1-10(18-2)9-19-13-7-8-14(20(15,16)17)12-6-4-3-5-11(12)13/h3-8,10H,9H2,1-2H3,(H2,15,16,17). The maximum Gasteiger partial charge on any atom is 0.238 e. The van der Waals surface area contributed by atoms with Gasteiger partial charge in [-0.05, 0) is 19.1 Å². The van der Waals surface area contributed by atoms with Crippen LogP contribution in [0.5, 0.6) is 5.75 Å². The zero-order chi connectivity index (χ0) is 14.8. The molecule has 0 amide bonds. The van der Waals surface area contributed by atoms with E-state index in [0.29, 0.717) is 23.1 Å². The number of benzene rings is 2. The van der Waals surface area contributed by atoms with Gasteiger partial charge in [0.25, 0.3) is 0 Å². The van der Waals surface area contributed by atoms with E-state index >= 15 is 0 Å². The van der Waals surface area contributed by atoms with E-state index in [1.165, 1.54) is 6.07 Å². The highest BCUT2D eigenvalue weighted by Crippen LogP contribution is 2.30. The van der Waals surface area contributed by atoms with Crippen molar-refractivity contribution >= 4 is 20.8 Å². The normalized spacial score (nSPS) is 13.3. The molecular weight excluding hydrogens is 278 g/mol. The molecular formula is C14H17NO4S. The Kier molecular flexibility index (Phi) is 4.27. The molecule has 0 spiro atoms. The van der Waals surface area contributed by atoms with Crippen LogP contribution in [0.4, 0.5) is 0 Å². The van der Waals surface area contributed by atoms with Crippen LogP contribution in [0.2, 0.25) is 0 Å². The molecule has 0 saturated heterocycles. The third kappa shape index (κ3) is 3.09. The van der Waals surface area contributed by atoms with Gasteiger partial charge in [-0.15, -0.1) is 0 Å². The second-order valence-electron chi connectivity index (χ2n) is 4.51. The molecule has 0 aliphatic rings. The second kappa shape index (κ2) is 5.78. The molecule has 0 aliphatic heterocycles. The number of primary sulfonamides is 1. The molecule has 0 saturated carbocycles. The van der Waals surface area contributed by atoms with Crippen molar-refractivity contribution < 1.29 is 17.9 Å². The summed E-state index contributed by atoms with van der Waals surface area (Å²) < 4.78 is 34.0. The van der Waals surface area contributed by atoms with Crippen LogP contribution in [0.3, 0.4) is 0 Å². The van der Waals surface area contributed by atoms with E-state index in [2.05, 4.69) is 0 Å². The van der Waals surface area contributed by atoms with Gasteiger partial charge in [-0.2, -0.15) is 0 Å². The van der Waals surface area contributed by atoms with Crippen molar-refractivity contribution in [3.05, 3.63) is 36.4 Å². The predicted molar refractivity (Wildman–Crippen MR) is 77.3 cm³/mol. The zero-order valence-electron chi connectivity index (χ0n) is 11.4. The Balaban J connectivity index is 2.49. The molecule has 0 fully saturated rings. The fourth-order valence-corrected chi connectivity index (χ4v) is 2.64. The van der Waals surface area contributed by atoms with Crippen LogP contribution in [-0.4, -0.2) is 28.2 Å². The van der Waals surface area contributed by atoms with Crippen molar-refractivity contribution in [3.8, 4) is 5.75 Å². The van der Waals surface area contributed by atoms with Crippen LogP contribution in [-0.2, 0) is 14.8 Å². The summed E-state index contributed by atoms with van der Waals surface area (Å²) in [5.41, 5.74) is 0. The van der Waals surface area contributed by atoms with Crippen molar-refractivity contribution in [3.63, 3.8) is 0 Å². The number of nitrogens with two attached hydrogens (primary N) is 1. The van der Waals surface area contributed by atoms with Crippen LogP contribution in [0.15, 0.2) is 41.3 Å². The second-order valence-corrected chi connectivity index (χ2v) is 6.04. The minimum atomic E-state index is -3.76. The van der Waals surface area contributed by atoms with E-state index < -0.39 is 10.0 Å². The van der Waals surface area contributed by atoms with E-state index in [-0.39, 0.29) is 11.0 Å². The van der Waals surface area contributed by atoms with Gasteiger partial charge in [0.2, 0.25) is 10.0 Å². The van der Waals surface area contributed by atoms with Gasteiger partial charge in [-0.25, -0.2) is 13.6 Å². The van der Waals surface area contributed by atoms with Gasteiger partial charge in [0, 0.05) is 17.9 Å². The Morgan fingerprint density at radius 2 is 1.80 bits per heavy atom. The molecule has 0 bridgehead atoms. The van der Waals surface area contributed by atoms with Gasteiger partial charge < -0.3 is 9.47 Å². The average molecular weight is 295 g/mol. The average Bonchev–Trinajstić information content (AvgIpc) is 2.43. The monoisotopic (exact) mass is 295 g/mol. The Labute approximate surface area is 118 Å².